The Morgan fingerprint density at radius 3 is 2.49 bits per heavy atom. The van der Waals surface area contributed by atoms with Crippen LogP contribution in [0.15, 0.2) is 71.6 Å². The Balaban J connectivity index is 1.48. The van der Waals surface area contributed by atoms with Crippen LogP contribution in [0.3, 0.4) is 0 Å². The van der Waals surface area contributed by atoms with E-state index >= 15 is 0 Å². The van der Waals surface area contributed by atoms with Gasteiger partial charge < -0.3 is 15.4 Å². The predicted octanol–water partition coefficient (Wildman–Crippen LogP) is 4.52. The van der Waals surface area contributed by atoms with E-state index in [-0.39, 0.29) is 4.90 Å². The second kappa shape index (κ2) is 10.1. The molecule has 0 atom stereocenters. The number of benzene rings is 2. The van der Waals surface area contributed by atoms with Crippen molar-refractivity contribution in [2.24, 2.45) is 5.14 Å². The second-order valence-electron chi connectivity index (χ2n) is 8.20. The number of fused-ring (bicyclic) bond motifs is 1. The van der Waals surface area contributed by atoms with Gasteiger partial charge in [-0.15, -0.1) is 0 Å². The SMILES string of the molecule is COc1ccc2nc(Nc3cc(Cc4ccccc4)nc(Nc4ccc(S(N)(=O)=O)cc4C)n3)sc2n1. The molecule has 3 heterocycles. The van der Waals surface area contributed by atoms with Gasteiger partial charge in [0.2, 0.25) is 21.9 Å². The number of hydrogen-bond donors (Lipinski definition) is 3. The van der Waals surface area contributed by atoms with Crippen LogP contribution in [0.1, 0.15) is 16.8 Å². The number of hydrogen-bond acceptors (Lipinski definition) is 10. The first-order valence-electron chi connectivity index (χ1n) is 11.2. The molecular formula is C25H23N7O3S2. The number of anilines is 4. The summed E-state index contributed by atoms with van der Waals surface area (Å²) in [7, 11) is -2.23. The molecule has 0 saturated carbocycles. The Bertz CT molecular complexity index is 1690. The van der Waals surface area contributed by atoms with Crippen LogP contribution in [0.5, 0.6) is 5.88 Å². The van der Waals surface area contributed by atoms with Crippen LogP contribution in [-0.4, -0.2) is 35.5 Å². The van der Waals surface area contributed by atoms with Gasteiger partial charge in [-0.2, -0.15) is 4.98 Å². The van der Waals surface area contributed by atoms with Gasteiger partial charge in [-0.25, -0.2) is 28.5 Å². The number of rotatable bonds is 8. The Morgan fingerprint density at radius 1 is 0.946 bits per heavy atom. The Labute approximate surface area is 217 Å². The van der Waals surface area contributed by atoms with Gasteiger partial charge >= 0.3 is 0 Å². The lowest BCUT2D eigenvalue weighted by Gasteiger charge is -2.12. The third-order valence-electron chi connectivity index (χ3n) is 5.45. The highest BCUT2D eigenvalue weighted by molar-refractivity contribution is 7.89. The fourth-order valence-corrected chi connectivity index (χ4v) is 5.10. The zero-order valence-corrected chi connectivity index (χ0v) is 21.6. The minimum Gasteiger partial charge on any atom is -0.481 e. The summed E-state index contributed by atoms with van der Waals surface area (Å²) in [4.78, 5) is 19.1. The smallest absolute Gasteiger partial charge is 0.238 e. The minimum absolute atomic E-state index is 0.0396. The molecule has 0 saturated heterocycles. The zero-order chi connectivity index (χ0) is 26.0. The lowest BCUT2D eigenvalue weighted by Crippen LogP contribution is -2.12. The van der Waals surface area contributed by atoms with Gasteiger partial charge in [-0.3, -0.25) is 0 Å². The molecule has 0 amide bonds. The normalized spacial score (nSPS) is 11.4. The molecule has 2 aromatic carbocycles. The molecule has 0 fully saturated rings. The monoisotopic (exact) mass is 533 g/mol. The molecular weight excluding hydrogens is 510 g/mol. The van der Waals surface area contributed by atoms with Gasteiger partial charge in [-0.1, -0.05) is 41.7 Å². The Hall–Kier alpha value is -4.13. The largest absolute Gasteiger partial charge is 0.481 e. The number of primary sulfonamides is 1. The van der Waals surface area contributed by atoms with Crippen LogP contribution >= 0.6 is 11.3 Å². The number of nitrogens with two attached hydrogens (primary N) is 1. The van der Waals surface area contributed by atoms with Gasteiger partial charge in [0.1, 0.15) is 16.2 Å². The predicted molar refractivity (Wildman–Crippen MR) is 144 cm³/mol. The van der Waals surface area contributed by atoms with Crippen molar-refractivity contribution >= 4 is 54.3 Å². The van der Waals surface area contributed by atoms with Crippen LogP contribution in [-0.2, 0) is 16.4 Å². The maximum atomic E-state index is 11.7. The number of aromatic nitrogens is 4. The first-order chi connectivity index (χ1) is 17.8. The maximum Gasteiger partial charge on any atom is 0.238 e. The maximum absolute atomic E-state index is 11.7. The average Bonchev–Trinajstić information content (AvgIpc) is 3.26. The summed E-state index contributed by atoms with van der Waals surface area (Å²) in [5.41, 5.74) is 3.97. The first kappa shape index (κ1) is 24.6. The number of aryl methyl sites for hydroxylation is 1. The van der Waals surface area contributed by atoms with Gasteiger partial charge in [-0.05, 0) is 42.3 Å². The van der Waals surface area contributed by atoms with Crippen molar-refractivity contribution in [1.82, 2.24) is 19.9 Å². The van der Waals surface area contributed by atoms with Crippen LogP contribution < -0.4 is 20.5 Å². The zero-order valence-electron chi connectivity index (χ0n) is 20.0. The summed E-state index contributed by atoms with van der Waals surface area (Å²) >= 11 is 1.38. The summed E-state index contributed by atoms with van der Waals surface area (Å²) in [6.45, 7) is 1.78. The van der Waals surface area contributed by atoms with Crippen LogP contribution in [0.2, 0.25) is 0 Å². The molecule has 0 aliphatic carbocycles. The molecule has 5 aromatic rings. The van der Waals surface area contributed by atoms with E-state index in [2.05, 4.69) is 25.6 Å². The topological polar surface area (TPSA) is 145 Å². The summed E-state index contributed by atoms with van der Waals surface area (Å²) < 4.78 is 28.6. The van der Waals surface area contributed by atoms with E-state index in [1.807, 2.05) is 42.5 Å². The van der Waals surface area contributed by atoms with Crippen molar-refractivity contribution < 1.29 is 13.2 Å². The molecule has 0 aliphatic heterocycles. The molecule has 0 aliphatic rings. The number of thiazole rings is 1. The lowest BCUT2D eigenvalue weighted by molar-refractivity contribution is 0.400. The van der Waals surface area contributed by atoms with Gasteiger partial charge in [0, 0.05) is 24.2 Å². The van der Waals surface area contributed by atoms with E-state index < -0.39 is 10.0 Å². The molecule has 3 aromatic heterocycles. The van der Waals surface area contributed by atoms with Gasteiger partial charge in [0.15, 0.2) is 5.13 Å². The molecule has 4 N–H and O–H groups in total. The minimum atomic E-state index is -3.80. The number of ether oxygens (including phenoxy) is 1. The molecule has 10 nitrogen and oxygen atoms in total. The summed E-state index contributed by atoms with van der Waals surface area (Å²) in [6.07, 6.45) is 0.592. The fraction of sp³-hybridized carbons (Fsp3) is 0.120. The number of pyridine rings is 1. The van der Waals surface area contributed by atoms with Crippen molar-refractivity contribution in [3.05, 3.63) is 83.6 Å². The highest BCUT2D eigenvalue weighted by Gasteiger charge is 2.13. The molecule has 0 spiro atoms. The quantitative estimate of drug-likeness (QED) is 0.262. The van der Waals surface area contributed by atoms with E-state index in [1.165, 1.54) is 23.5 Å². The standard InChI is InChI=1S/C25H23N7O3S2/c1-15-12-18(37(26,33)34)8-9-19(15)28-24-27-17(13-16-6-4-3-5-7-16)14-21(30-24)31-25-29-20-10-11-22(35-2)32-23(20)36-25/h3-12,14H,13H2,1-2H3,(H2,26,33,34)(H2,27,28,29,30,31). The number of nitrogens with one attached hydrogen (secondary N) is 2. The van der Waals surface area contributed by atoms with Gasteiger partial charge in [0.25, 0.3) is 0 Å². The first-order valence-corrected chi connectivity index (χ1v) is 13.5. The summed E-state index contributed by atoms with van der Waals surface area (Å²) in [5, 5.41) is 12.4. The Kier molecular flexibility index (Phi) is 6.70. The number of methoxy groups -OCH3 is 1. The van der Waals surface area contributed by atoms with E-state index in [1.54, 1.807) is 26.2 Å². The molecule has 0 unspecified atom stereocenters. The molecule has 5 rings (SSSR count). The summed E-state index contributed by atoms with van der Waals surface area (Å²) in [6, 6.07) is 20.1. The van der Waals surface area contributed by atoms with Crippen LogP contribution in [0, 0.1) is 6.92 Å². The van der Waals surface area contributed by atoms with E-state index in [9.17, 15) is 8.42 Å². The highest BCUT2D eigenvalue weighted by atomic mass is 32.2. The lowest BCUT2D eigenvalue weighted by atomic mass is 10.1. The second-order valence-corrected chi connectivity index (χ2v) is 10.7. The van der Waals surface area contributed by atoms with Crippen molar-refractivity contribution in [2.45, 2.75) is 18.2 Å². The van der Waals surface area contributed by atoms with Crippen molar-refractivity contribution in [2.75, 3.05) is 17.7 Å². The number of sulfonamides is 1. The fourth-order valence-electron chi connectivity index (χ4n) is 3.66. The molecule has 12 heteroatoms. The summed E-state index contributed by atoms with van der Waals surface area (Å²) in [5.74, 6) is 1.42. The number of nitrogens with zero attached hydrogens (tertiary/aromatic N) is 4. The van der Waals surface area contributed by atoms with E-state index in [0.717, 1.165) is 21.6 Å². The van der Waals surface area contributed by atoms with E-state index in [4.69, 9.17) is 14.9 Å². The third-order valence-corrected chi connectivity index (χ3v) is 7.25. The van der Waals surface area contributed by atoms with Crippen molar-refractivity contribution in [1.29, 1.82) is 0 Å². The molecule has 188 valence electrons. The average molecular weight is 534 g/mol. The van der Waals surface area contributed by atoms with Crippen molar-refractivity contribution in [3.63, 3.8) is 0 Å². The van der Waals surface area contributed by atoms with Crippen LogP contribution in [0.25, 0.3) is 10.3 Å². The highest BCUT2D eigenvalue weighted by Crippen LogP contribution is 2.29. The van der Waals surface area contributed by atoms with E-state index in [0.29, 0.717) is 40.4 Å². The van der Waals surface area contributed by atoms with Crippen molar-refractivity contribution in [3.8, 4) is 5.88 Å². The van der Waals surface area contributed by atoms with Gasteiger partial charge in [0.05, 0.1) is 17.7 Å². The molecule has 37 heavy (non-hydrogen) atoms. The van der Waals surface area contributed by atoms with Crippen LogP contribution in [0.4, 0.5) is 22.6 Å². The Morgan fingerprint density at radius 2 is 1.76 bits per heavy atom. The molecule has 0 bridgehead atoms. The third kappa shape index (κ3) is 5.82. The molecule has 0 radical (unpaired) electrons.